The van der Waals surface area contributed by atoms with E-state index in [4.69, 9.17) is 0 Å². The molecule has 1 heterocycles. The minimum absolute atomic E-state index is 0.0486. The summed E-state index contributed by atoms with van der Waals surface area (Å²) in [7, 11) is 0. The molecule has 0 radical (unpaired) electrons. The summed E-state index contributed by atoms with van der Waals surface area (Å²) in [6.07, 6.45) is 1.70. The van der Waals surface area contributed by atoms with Crippen molar-refractivity contribution in [2.75, 3.05) is 5.33 Å². The van der Waals surface area contributed by atoms with E-state index in [9.17, 15) is 19.7 Å². The number of nitro groups is 1. The third-order valence-corrected chi connectivity index (χ3v) is 4.27. The van der Waals surface area contributed by atoms with Crippen molar-refractivity contribution < 1.29 is 4.92 Å². The lowest BCUT2D eigenvalue weighted by Crippen LogP contribution is -2.42. The molecule has 1 atom stereocenters. The number of aromatic nitrogens is 2. The second-order valence-electron chi connectivity index (χ2n) is 5.32. The molecule has 0 amide bonds. The smallest absolute Gasteiger partial charge is 0.293 e. The van der Waals surface area contributed by atoms with Gasteiger partial charge in [-0.25, -0.2) is 4.79 Å². The van der Waals surface area contributed by atoms with Crippen LogP contribution in [0.5, 0.6) is 0 Å². The van der Waals surface area contributed by atoms with E-state index in [2.05, 4.69) is 15.9 Å². The maximum Gasteiger partial charge on any atom is 0.350 e. The topological polar surface area (TPSA) is 87.1 Å². The van der Waals surface area contributed by atoms with Gasteiger partial charge in [0.25, 0.3) is 0 Å². The summed E-state index contributed by atoms with van der Waals surface area (Å²) in [5, 5.41) is 11.6. The van der Waals surface area contributed by atoms with Gasteiger partial charge in [0.2, 0.25) is 0 Å². The van der Waals surface area contributed by atoms with Gasteiger partial charge in [-0.15, -0.1) is 0 Å². The third kappa shape index (κ3) is 4.03. The number of halogens is 1. The van der Waals surface area contributed by atoms with Crippen molar-refractivity contribution in [1.29, 1.82) is 0 Å². The van der Waals surface area contributed by atoms with Crippen LogP contribution < -0.4 is 11.2 Å². The van der Waals surface area contributed by atoms with Crippen molar-refractivity contribution in [2.24, 2.45) is 11.8 Å². The zero-order valence-electron chi connectivity index (χ0n) is 12.4. The number of aryl methyl sites for hydroxylation is 1. The first-order valence-electron chi connectivity index (χ1n) is 6.88. The molecule has 0 saturated heterocycles. The van der Waals surface area contributed by atoms with Crippen molar-refractivity contribution in [2.45, 2.75) is 40.3 Å². The Labute approximate surface area is 130 Å². The Kier molecular flexibility index (Phi) is 6.32. The first-order chi connectivity index (χ1) is 9.83. The summed E-state index contributed by atoms with van der Waals surface area (Å²) in [4.78, 5) is 34.7. The zero-order valence-corrected chi connectivity index (χ0v) is 14.0. The van der Waals surface area contributed by atoms with Crippen LogP contribution in [-0.4, -0.2) is 19.4 Å². The molecule has 21 heavy (non-hydrogen) atoms. The molecule has 0 aliphatic carbocycles. The number of alkyl halides is 1. The standard InChI is InChI=1S/C13H20BrN3O4/c1-4-5-15-8-11(17(20)21)12(18)16(13(15)19)7-10(6-14)9(2)3/h8-10H,4-7H2,1-3H3. The molecular formula is C13H20BrN3O4. The van der Waals surface area contributed by atoms with Crippen LogP contribution in [0.2, 0.25) is 0 Å². The normalized spacial score (nSPS) is 12.6. The van der Waals surface area contributed by atoms with Crippen LogP contribution in [0.15, 0.2) is 15.8 Å². The summed E-state index contributed by atoms with van der Waals surface area (Å²) in [5.74, 6) is 0.294. The van der Waals surface area contributed by atoms with Gasteiger partial charge in [-0.1, -0.05) is 36.7 Å². The highest BCUT2D eigenvalue weighted by Crippen LogP contribution is 2.15. The summed E-state index contributed by atoms with van der Waals surface area (Å²) in [6.45, 7) is 6.35. The number of rotatable bonds is 7. The average molecular weight is 362 g/mol. The molecule has 1 unspecified atom stereocenters. The number of hydrogen-bond donors (Lipinski definition) is 0. The summed E-state index contributed by atoms with van der Waals surface area (Å²) < 4.78 is 2.23. The van der Waals surface area contributed by atoms with Crippen LogP contribution >= 0.6 is 15.9 Å². The van der Waals surface area contributed by atoms with Crippen LogP contribution in [0.1, 0.15) is 27.2 Å². The second kappa shape index (κ2) is 7.53. The predicted molar refractivity (Wildman–Crippen MR) is 84.0 cm³/mol. The van der Waals surface area contributed by atoms with Crippen molar-refractivity contribution in [3.05, 3.63) is 37.1 Å². The van der Waals surface area contributed by atoms with Gasteiger partial charge in [0.1, 0.15) is 0 Å². The minimum atomic E-state index is -0.830. The van der Waals surface area contributed by atoms with Gasteiger partial charge in [0.15, 0.2) is 0 Å². The SMILES string of the molecule is CCCn1cc([N+](=O)[O-])c(=O)n(CC(CBr)C(C)C)c1=O. The Bertz CT molecular complexity index is 621. The van der Waals surface area contributed by atoms with E-state index in [1.54, 1.807) is 0 Å². The Morgan fingerprint density at radius 3 is 2.43 bits per heavy atom. The lowest BCUT2D eigenvalue weighted by Gasteiger charge is -2.19. The lowest BCUT2D eigenvalue weighted by molar-refractivity contribution is -0.387. The highest BCUT2D eigenvalue weighted by molar-refractivity contribution is 9.09. The van der Waals surface area contributed by atoms with Crippen molar-refractivity contribution in [3.8, 4) is 0 Å². The molecule has 1 aromatic heterocycles. The van der Waals surface area contributed by atoms with E-state index < -0.39 is 21.9 Å². The monoisotopic (exact) mass is 361 g/mol. The Hall–Kier alpha value is -1.44. The van der Waals surface area contributed by atoms with Gasteiger partial charge >= 0.3 is 16.9 Å². The van der Waals surface area contributed by atoms with Crippen LogP contribution in [0.3, 0.4) is 0 Å². The molecule has 8 heteroatoms. The van der Waals surface area contributed by atoms with E-state index in [0.717, 1.165) is 10.8 Å². The van der Waals surface area contributed by atoms with E-state index in [-0.39, 0.29) is 18.4 Å². The molecule has 0 aromatic carbocycles. The molecule has 0 saturated carbocycles. The average Bonchev–Trinajstić information content (AvgIpc) is 2.41. The second-order valence-corrected chi connectivity index (χ2v) is 5.97. The van der Waals surface area contributed by atoms with Crippen LogP contribution in [0, 0.1) is 22.0 Å². The number of nitrogens with zero attached hydrogens (tertiary/aromatic N) is 3. The third-order valence-electron chi connectivity index (χ3n) is 3.44. The fourth-order valence-corrected chi connectivity index (χ4v) is 2.95. The Balaban J connectivity index is 3.44. The highest BCUT2D eigenvalue weighted by atomic mass is 79.9. The summed E-state index contributed by atoms with van der Waals surface area (Å²) in [6, 6.07) is 0. The lowest BCUT2D eigenvalue weighted by atomic mass is 9.98. The van der Waals surface area contributed by atoms with Crippen molar-refractivity contribution in [1.82, 2.24) is 9.13 Å². The molecule has 1 aromatic rings. The number of hydrogen-bond acceptors (Lipinski definition) is 4. The molecule has 118 valence electrons. The first kappa shape index (κ1) is 17.6. The molecule has 0 spiro atoms. The Morgan fingerprint density at radius 2 is 2.00 bits per heavy atom. The van der Waals surface area contributed by atoms with E-state index in [1.807, 2.05) is 20.8 Å². The molecule has 1 rings (SSSR count). The summed E-state index contributed by atoms with van der Waals surface area (Å²) >= 11 is 3.36. The maximum atomic E-state index is 12.3. The van der Waals surface area contributed by atoms with E-state index in [1.165, 1.54) is 4.57 Å². The summed E-state index contributed by atoms with van der Waals surface area (Å²) in [5.41, 5.74) is -1.87. The van der Waals surface area contributed by atoms with Gasteiger partial charge < -0.3 is 0 Å². The quantitative estimate of drug-likeness (QED) is 0.422. The minimum Gasteiger partial charge on any atom is -0.293 e. The van der Waals surface area contributed by atoms with Gasteiger partial charge in [-0.05, 0) is 18.3 Å². The maximum absolute atomic E-state index is 12.3. The molecule has 0 bridgehead atoms. The van der Waals surface area contributed by atoms with Gasteiger partial charge in [0, 0.05) is 18.4 Å². The van der Waals surface area contributed by atoms with Crippen LogP contribution in [0.25, 0.3) is 0 Å². The molecular weight excluding hydrogens is 342 g/mol. The van der Waals surface area contributed by atoms with Crippen LogP contribution in [0.4, 0.5) is 5.69 Å². The van der Waals surface area contributed by atoms with Crippen molar-refractivity contribution >= 4 is 21.6 Å². The highest BCUT2D eigenvalue weighted by Gasteiger charge is 2.22. The first-order valence-corrected chi connectivity index (χ1v) is 8.00. The fourth-order valence-electron chi connectivity index (χ4n) is 2.00. The molecule has 0 fully saturated rings. The van der Waals surface area contributed by atoms with Gasteiger partial charge in [-0.3, -0.25) is 24.0 Å². The zero-order chi connectivity index (χ0) is 16.2. The molecule has 0 N–H and O–H groups in total. The van der Waals surface area contributed by atoms with Crippen molar-refractivity contribution in [3.63, 3.8) is 0 Å². The van der Waals surface area contributed by atoms with Gasteiger partial charge in [0.05, 0.1) is 11.1 Å². The molecule has 0 aliphatic rings. The Morgan fingerprint density at radius 1 is 1.38 bits per heavy atom. The fraction of sp³-hybridized carbons (Fsp3) is 0.692. The van der Waals surface area contributed by atoms with E-state index >= 15 is 0 Å². The largest absolute Gasteiger partial charge is 0.350 e. The van der Waals surface area contributed by atoms with E-state index in [0.29, 0.717) is 18.3 Å². The molecule has 7 nitrogen and oxygen atoms in total. The molecule has 0 aliphatic heterocycles. The predicted octanol–water partition coefficient (Wildman–Crippen LogP) is 2.00. The van der Waals surface area contributed by atoms with Gasteiger partial charge in [-0.2, -0.15) is 0 Å². The van der Waals surface area contributed by atoms with Crippen LogP contribution in [-0.2, 0) is 13.1 Å².